The molecule has 1 fully saturated rings. The molecular weight excluding hydrogens is 344 g/mol. The van der Waals surface area contributed by atoms with Gasteiger partial charge in [0.25, 0.3) is 5.56 Å². The molecular formula is C21H34N2O2S. The van der Waals surface area contributed by atoms with Crippen LogP contribution in [-0.4, -0.2) is 29.6 Å². The summed E-state index contributed by atoms with van der Waals surface area (Å²) < 4.78 is 11.9. The summed E-state index contributed by atoms with van der Waals surface area (Å²) in [4.78, 5) is 13.2. The van der Waals surface area contributed by atoms with Crippen molar-refractivity contribution < 1.29 is 4.74 Å². The van der Waals surface area contributed by atoms with Gasteiger partial charge in [0, 0.05) is 17.3 Å². The molecule has 0 bridgehead atoms. The number of rotatable bonds is 6. The van der Waals surface area contributed by atoms with E-state index in [2.05, 4.69) is 37.8 Å². The summed E-state index contributed by atoms with van der Waals surface area (Å²) in [5.41, 5.74) is 2.25. The van der Waals surface area contributed by atoms with Crippen molar-refractivity contribution >= 4 is 11.9 Å². The number of aromatic nitrogens is 1. The Morgan fingerprint density at radius 1 is 1.23 bits per heavy atom. The maximum absolute atomic E-state index is 13.2. The van der Waals surface area contributed by atoms with Gasteiger partial charge in [0.2, 0.25) is 0 Å². The average molecular weight is 379 g/mol. The molecule has 1 aliphatic heterocycles. The molecule has 1 aromatic rings. The predicted octanol–water partition coefficient (Wildman–Crippen LogP) is 4.29. The Labute approximate surface area is 162 Å². The summed E-state index contributed by atoms with van der Waals surface area (Å²) in [7, 11) is 0. The first kappa shape index (κ1) is 20.0. The zero-order valence-corrected chi connectivity index (χ0v) is 17.5. The van der Waals surface area contributed by atoms with Gasteiger partial charge >= 0.3 is 0 Å². The molecule has 5 heteroatoms. The smallest absolute Gasteiger partial charge is 0.254 e. The second-order valence-electron chi connectivity index (χ2n) is 8.36. The standard InChI is InChI=1S/C21H34N2O2S/c1-14(2)18-11-7-16-8-12-19(22-26-4)20(23(16)21(18)24)13-25-17-9-5-15(3)6-10-17/h7,11,14-15,17,19-20,22H,5-6,8-10,12-13H2,1-4H3. The van der Waals surface area contributed by atoms with Gasteiger partial charge in [0.05, 0.1) is 18.8 Å². The summed E-state index contributed by atoms with van der Waals surface area (Å²) in [5, 5.41) is 0. The molecule has 0 aromatic carbocycles. The minimum absolute atomic E-state index is 0.0803. The van der Waals surface area contributed by atoms with Crippen molar-refractivity contribution in [2.75, 3.05) is 12.9 Å². The van der Waals surface area contributed by atoms with Crippen LogP contribution in [0.1, 0.15) is 76.1 Å². The van der Waals surface area contributed by atoms with Crippen LogP contribution in [0, 0.1) is 5.92 Å². The van der Waals surface area contributed by atoms with Crippen molar-refractivity contribution in [2.24, 2.45) is 5.92 Å². The third-order valence-corrected chi connectivity index (χ3v) is 6.63. The third kappa shape index (κ3) is 4.37. The summed E-state index contributed by atoms with van der Waals surface area (Å²) in [6, 6.07) is 4.54. The molecule has 2 aliphatic rings. The number of pyridine rings is 1. The number of hydrogen-bond donors (Lipinski definition) is 1. The van der Waals surface area contributed by atoms with Crippen LogP contribution in [0.25, 0.3) is 0 Å². The van der Waals surface area contributed by atoms with Crippen LogP contribution in [0.3, 0.4) is 0 Å². The van der Waals surface area contributed by atoms with Crippen molar-refractivity contribution in [1.82, 2.24) is 9.29 Å². The van der Waals surface area contributed by atoms with Crippen molar-refractivity contribution in [2.45, 2.75) is 83.4 Å². The molecule has 0 amide bonds. The lowest BCUT2D eigenvalue weighted by atomic mass is 9.89. The van der Waals surface area contributed by atoms with Gasteiger partial charge in [-0.2, -0.15) is 0 Å². The fourth-order valence-corrected chi connectivity index (χ4v) is 4.98. The molecule has 1 aromatic heterocycles. The first-order valence-electron chi connectivity index (χ1n) is 10.2. The molecule has 1 saturated carbocycles. The second-order valence-corrected chi connectivity index (χ2v) is 9.00. The van der Waals surface area contributed by atoms with Gasteiger partial charge in [-0.15, -0.1) is 0 Å². The van der Waals surface area contributed by atoms with E-state index in [-0.39, 0.29) is 23.6 Å². The Balaban J connectivity index is 1.83. The molecule has 0 spiro atoms. The lowest BCUT2D eigenvalue weighted by Gasteiger charge is -2.37. The SMILES string of the molecule is CSNC1CCc2ccc(C(C)C)c(=O)n2C1COC1CCC(C)CC1. The molecule has 2 heterocycles. The Bertz CT molecular complexity index is 650. The van der Waals surface area contributed by atoms with Crippen LogP contribution in [0.4, 0.5) is 0 Å². The van der Waals surface area contributed by atoms with Crippen molar-refractivity contribution in [3.05, 3.63) is 33.7 Å². The van der Waals surface area contributed by atoms with E-state index in [1.807, 2.05) is 10.6 Å². The summed E-state index contributed by atoms with van der Waals surface area (Å²) >= 11 is 1.64. The molecule has 2 unspecified atom stereocenters. The maximum atomic E-state index is 13.2. The van der Waals surface area contributed by atoms with Crippen LogP contribution in [0.15, 0.2) is 16.9 Å². The normalized spacial score (nSPS) is 29.0. The Morgan fingerprint density at radius 2 is 1.96 bits per heavy atom. The van der Waals surface area contributed by atoms with Crippen LogP contribution in [0.5, 0.6) is 0 Å². The van der Waals surface area contributed by atoms with E-state index in [9.17, 15) is 4.79 Å². The van der Waals surface area contributed by atoms with Gasteiger partial charge in [-0.3, -0.25) is 9.52 Å². The van der Waals surface area contributed by atoms with Gasteiger partial charge < -0.3 is 9.30 Å². The third-order valence-electron chi connectivity index (χ3n) is 6.09. The minimum Gasteiger partial charge on any atom is -0.376 e. The monoisotopic (exact) mass is 378 g/mol. The molecule has 1 aliphatic carbocycles. The van der Waals surface area contributed by atoms with Gasteiger partial charge in [0.1, 0.15) is 0 Å². The van der Waals surface area contributed by atoms with Gasteiger partial charge in [-0.05, 0) is 62.7 Å². The van der Waals surface area contributed by atoms with Crippen molar-refractivity contribution in [3.63, 3.8) is 0 Å². The average Bonchev–Trinajstić information content (AvgIpc) is 2.62. The molecule has 0 radical (unpaired) electrons. The summed E-state index contributed by atoms with van der Waals surface area (Å²) in [6.45, 7) is 7.16. The fraction of sp³-hybridized carbons (Fsp3) is 0.762. The quantitative estimate of drug-likeness (QED) is 0.750. The van der Waals surface area contributed by atoms with Gasteiger partial charge in [-0.25, -0.2) is 0 Å². The maximum Gasteiger partial charge on any atom is 0.254 e. The predicted molar refractivity (Wildman–Crippen MR) is 110 cm³/mol. The highest BCUT2D eigenvalue weighted by Crippen LogP contribution is 2.30. The van der Waals surface area contributed by atoms with Crippen molar-refractivity contribution in [1.29, 1.82) is 0 Å². The number of nitrogens with zero attached hydrogens (tertiary/aromatic N) is 1. The fourth-order valence-electron chi connectivity index (χ4n) is 4.40. The van der Waals surface area contributed by atoms with E-state index >= 15 is 0 Å². The molecule has 0 saturated heterocycles. The van der Waals surface area contributed by atoms with E-state index < -0.39 is 0 Å². The van der Waals surface area contributed by atoms with Crippen LogP contribution in [-0.2, 0) is 11.2 Å². The topological polar surface area (TPSA) is 43.3 Å². The molecule has 3 rings (SSSR count). The minimum atomic E-state index is 0.0803. The lowest BCUT2D eigenvalue weighted by Crippen LogP contribution is -2.47. The van der Waals surface area contributed by atoms with Gasteiger partial charge in [0.15, 0.2) is 0 Å². The zero-order chi connectivity index (χ0) is 18.7. The summed E-state index contributed by atoms with van der Waals surface area (Å²) in [5.74, 6) is 1.07. The van der Waals surface area contributed by atoms with Crippen molar-refractivity contribution in [3.8, 4) is 0 Å². The van der Waals surface area contributed by atoms with E-state index in [1.54, 1.807) is 11.9 Å². The number of ether oxygens (including phenoxy) is 1. The zero-order valence-electron chi connectivity index (χ0n) is 16.7. The largest absolute Gasteiger partial charge is 0.376 e. The first-order valence-corrected chi connectivity index (χ1v) is 11.4. The van der Waals surface area contributed by atoms with E-state index in [0.717, 1.165) is 42.9 Å². The lowest BCUT2D eigenvalue weighted by molar-refractivity contribution is -0.00525. The highest BCUT2D eigenvalue weighted by molar-refractivity contribution is 7.96. The van der Waals surface area contributed by atoms with Crippen LogP contribution >= 0.6 is 11.9 Å². The Hall–Kier alpha value is -0.780. The molecule has 2 atom stereocenters. The highest BCUT2D eigenvalue weighted by atomic mass is 32.2. The number of fused-ring (bicyclic) bond motifs is 1. The first-order chi connectivity index (χ1) is 12.5. The van der Waals surface area contributed by atoms with Gasteiger partial charge in [-0.1, -0.05) is 38.8 Å². The number of nitrogens with one attached hydrogen (secondary N) is 1. The Kier molecular flexibility index (Phi) is 6.87. The molecule has 1 N–H and O–H groups in total. The molecule has 26 heavy (non-hydrogen) atoms. The Morgan fingerprint density at radius 3 is 2.62 bits per heavy atom. The molecule has 4 nitrogen and oxygen atoms in total. The second kappa shape index (κ2) is 8.94. The van der Waals surface area contributed by atoms with Crippen LogP contribution < -0.4 is 10.3 Å². The van der Waals surface area contributed by atoms with E-state index in [1.165, 1.54) is 12.8 Å². The highest BCUT2D eigenvalue weighted by Gasteiger charge is 2.32. The van der Waals surface area contributed by atoms with E-state index in [4.69, 9.17) is 4.74 Å². The number of aryl methyl sites for hydroxylation is 1. The summed E-state index contributed by atoms with van der Waals surface area (Å²) in [6.07, 6.45) is 9.25. The number of hydrogen-bond acceptors (Lipinski definition) is 4. The van der Waals surface area contributed by atoms with E-state index in [0.29, 0.717) is 12.7 Å². The molecule has 146 valence electrons. The van der Waals surface area contributed by atoms with Crippen LogP contribution in [0.2, 0.25) is 0 Å².